The van der Waals surface area contributed by atoms with E-state index in [1.807, 2.05) is 18.2 Å². The van der Waals surface area contributed by atoms with Gasteiger partial charge in [-0.2, -0.15) is 0 Å². The molecule has 3 nitrogen and oxygen atoms in total. The summed E-state index contributed by atoms with van der Waals surface area (Å²) in [5.41, 5.74) is 1.33. The Labute approximate surface area is 110 Å². The molecule has 0 spiro atoms. The van der Waals surface area contributed by atoms with Gasteiger partial charge in [-0.1, -0.05) is 44.2 Å². The van der Waals surface area contributed by atoms with Gasteiger partial charge in [-0.15, -0.1) is 0 Å². The van der Waals surface area contributed by atoms with Crippen LogP contribution in [0.15, 0.2) is 30.3 Å². The standard InChI is InChI=1S/C15H25NO2/c1-15(2,9-10-17)12-16-14(11-18-3)13-7-5-4-6-8-13/h4-8,14,16-17H,9-12H2,1-3H3. The molecule has 102 valence electrons. The Balaban J connectivity index is 2.59. The fourth-order valence-electron chi connectivity index (χ4n) is 1.92. The van der Waals surface area contributed by atoms with Gasteiger partial charge in [0.1, 0.15) is 0 Å². The molecule has 0 amide bonds. The molecule has 1 atom stereocenters. The highest BCUT2D eigenvalue weighted by Crippen LogP contribution is 2.21. The summed E-state index contributed by atoms with van der Waals surface area (Å²) in [4.78, 5) is 0. The Bertz CT molecular complexity index is 325. The topological polar surface area (TPSA) is 41.5 Å². The normalized spacial score (nSPS) is 13.6. The minimum Gasteiger partial charge on any atom is -0.396 e. The molecule has 18 heavy (non-hydrogen) atoms. The first kappa shape index (κ1) is 15.2. The monoisotopic (exact) mass is 251 g/mol. The van der Waals surface area contributed by atoms with Gasteiger partial charge in [0, 0.05) is 20.3 Å². The zero-order valence-corrected chi connectivity index (χ0v) is 11.6. The van der Waals surface area contributed by atoms with Crippen molar-refractivity contribution in [1.82, 2.24) is 5.32 Å². The predicted octanol–water partition coefficient (Wildman–Crippen LogP) is 2.37. The van der Waals surface area contributed by atoms with Crippen LogP contribution < -0.4 is 5.32 Å². The summed E-state index contributed by atoms with van der Waals surface area (Å²) in [6, 6.07) is 10.5. The largest absolute Gasteiger partial charge is 0.396 e. The van der Waals surface area contributed by atoms with Crippen molar-refractivity contribution in [2.24, 2.45) is 5.41 Å². The lowest BCUT2D eigenvalue weighted by Gasteiger charge is -2.28. The van der Waals surface area contributed by atoms with E-state index in [-0.39, 0.29) is 18.1 Å². The van der Waals surface area contributed by atoms with Gasteiger partial charge < -0.3 is 15.2 Å². The lowest BCUT2D eigenvalue weighted by atomic mass is 9.89. The number of hydrogen-bond donors (Lipinski definition) is 2. The first-order valence-corrected chi connectivity index (χ1v) is 6.47. The van der Waals surface area contributed by atoms with Crippen LogP contribution in [0.4, 0.5) is 0 Å². The lowest BCUT2D eigenvalue weighted by molar-refractivity contribution is 0.151. The van der Waals surface area contributed by atoms with Crippen molar-refractivity contribution in [2.45, 2.75) is 26.3 Å². The van der Waals surface area contributed by atoms with Crippen molar-refractivity contribution in [3.05, 3.63) is 35.9 Å². The van der Waals surface area contributed by atoms with Crippen molar-refractivity contribution in [3.63, 3.8) is 0 Å². The second-order valence-corrected chi connectivity index (χ2v) is 5.44. The molecule has 1 aromatic carbocycles. The summed E-state index contributed by atoms with van der Waals surface area (Å²) < 4.78 is 5.27. The summed E-state index contributed by atoms with van der Waals surface area (Å²) in [6.45, 7) is 6.06. The Kier molecular flexibility index (Phi) is 6.33. The van der Waals surface area contributed by atoms with E-state index in [0.29, 0.717) is 6.61 Å². The van der Waals surface area contributed by atoms with Crippen molar-refractivity contribution in [1.29, 1.82) is 0 Å². The maximum Gasteiger partial charge on any atom is 0.0657 e. The highest BCUT2D eigenvalue weighted by molar-refractivity contribution is 5.19. The maximum atomic E-state index is 9.04. The van der Waals surface area contributed by atoms with Gasteiger partial charge in [0.25, 0.3) is 0 Å². The number of aliphatic hydroxyl groups is 1. The van der Waals surface area contributed by atoms with E-state index in [4.69, 9.17) is 9.84 Å². The fourth-order valence-corrected chi connectivity index (χ4v) is 1.92. The highest BCUT2D eigenvalue weighted by atomic mass is 16.5. The first-order chi connectivity index (χ1) is 8.59. The molecule has 0 fully saturated rings. The summed E-state index contributed by atoms with van der Waals surface area (Å²) in [6.07, 6.45) is 0.800. The van der Waals surface area contributed by atoms with Crippen LogP contribution in [0.3, 0.4) is 0 Å². The summed E-state index contributed by atoms with van der Waals surface area (Å²) in [7, 11) is 1.72. The minimum atomic E-state index is 0.0928. The number of benzene rings is 1. The second kappa shape index (κ2) is 7.52. The van der Waals surface area contributed by atoms with Crippen LogP contribution in [0.1, 0.15) is 31.9 Å². The number of hydrogen-bond acceptors (Lipinski definition) is 3. The van der Waals surface area contributed by atoms with Crippen LogP contribution in [0.2, 0.25) is 0 Å². The van der Waals surface area contributed by atoms with Gasteiger partial charge in [-0.3, -0.25) is 0 Å². The lowest BCUT2D eigenvalue weighted by Crippen LogP contribution is -2.34. The van der Waals surface area contributed by atoms with Crippen LogP contribution in [-0.4, -0.2) is 32.0 Å². The van der Waals surface area contributed by atoms with Crippen LogP contribution in [0.25, 0.3) is 0 Å². The summed E-state index contributed by atoms with van der Waals surface area (Å²) in [5, 5.41) is 12.6. The number of nitrogens with one attached hydrogen (secondary N) is 1. The SMILES string of the molecule is COCC(NCC(C)(C)CCO)c1ccccc1. The van der Waals surface area contributed by atoms with Crippen molar-refractivity contribution >= 4 is 0 Å². The molecular formula is C15H25NO2. The molecule has 3 heteroatoms. The van der Waals surface area contributed by atoms with Gasteiger partial charge in [0.2, 0.25) is 0 Å². The van der Waals surface area contributed by atoms with Gasteiger partial charge >= 0.3 is 0 Å². The second-order valence-electron chi connectivity index (χ2n) is 5.44. The fraction of sp³-hybridized carbons (Fsp3) is 0.600. The number of aliphatic hydroxyl groups excluding tert-OH is 1. The molecule has 0 aliphatic carbocycles. The molecule has 0 radical (unpaired) electrons. The molecule has 0 bridgehead atoms. The average molecular weight is 251 g/mol. The first-order valence-electron chi connectivity index (χ1n) is 6.47. The molecule has 0 aliphatic heterocycles. The van der Waals surface area contributed by atoms with E-state index in [1.54, 1.807) is 7.11 Å². The Morgan fingerprint density at radius 1 is 1.28 bits per heavy atom. The molecule has 0 aromatic heterocycles. The van der Waals surface area contributed by atoms with E-state index in [9.17, 15) is 0 Å². The van der Waals surface area contributed by atoms with E-state index in [2.05, 4.69) is 31.3 Å². The molecule has 0 aliphatic rings. The molecular weight excluding hydrogens is 226 g/mol. The van der Waals surface area contributed by atoms with Crippen molar-refractivity contribution < 1.29 is 9.84 Å². The Morgan fingerprint density at radius 2 is 1.94 bits per heavy atom. The third kappa shape index (κ3) is 5.17. The zero-order chi connectivity index (χ0) is 13.4. The molecule has 2 N–H and O–H groups in total. The van der Waals surface area contributed by atoms with Crippen LogP contribution in [-0.2, 0) is 4.74 Å². The minimum absolute atomic E-state index is 0.0928. The highest BCUT2D eigenvalue weighted by Gasteiger charge is 2.19. The third-order valence-electron chi connectivity index (χ3n) is 3.15. The van der Waals surface area contributed by atoms with Crippen LogP contribution in [0, 0.1) is 5.41 Å². The quantitative estimate of drug-likeness (QED) is 0.745. The van der Waals surface area contributed by atoms with E-state index < -0.39 is 0 Å². The van der Waals surface area contributed by atoms with E-state index in [0.717, 1.165) is 13.0 Å². The predicted molar refractivity (Wildman–Crippen MR) is 74.5 cm³/mol. The Hall–Kier alpha value is -0.900. The molecule has 0 heterocycles. The molecule has 0 saturated carbocycles. The van der Waals surface area contributed by atoms with Crippen molar-refractivity contribution in [3.8, 4) is 0 Å². The van der Waals surface area contributed by atoms with Gasteiger partial charge in [0.05, 0.1) is 12.6 Å². The number of methoxy groups -OCH3 is 1. The molecule has 1 rings (SSSR count). The number of rotatable bonds is 8. The van der Waals surface area contributed by atoms with Crippen LogP contribution >= 0.6 is 0 Å². The van der Waals surface area contributed by atoms with Crippen LogP contribution in [0.5, 0.6) is 0 Å². The van der Waals surface area contributed by atoms with E-state index >= 15 is 0 Å². The van der Waals surface area contributed by atoms with Crippen molar-refractivity contribution in [2.75, 3.05) is 26.9 Å². The van der Waals surface area contributed by atoms with Gasteiger partial charge in [-0.05, 0) is 17.4 Å². The number of ether oxygens (including phenoxy) is 1. The maximum absolute atomic E-state index is 9.04. The van der Waals surface area contributed by atoms with E-state index in [1.165, 1.54) is 5.56 Å². The molecule has 1 aromatic rings. The summed E-state index contributed by atoms with van der Waals surface area (Å²) in [5.74, 6) is 0. The van der Waals surface area contributed by atoms with Gasteiger partial charge in [0.15, 0.2) is 0 Å². The van der Waals surface area contributed by atoms with Gasteiger partial charge in [-0.25, -0.2) is 0 Å². The smallest absolute Gasteiger partial charge is 0.0657 e. The molecule has 1 unspecified atom stereocenters. The zero-order valence-electron chi connectivity index (χ0n) is 11.6. The average Bonchev–Trinajstić information content (AvgIpc) is 2.35. The summed E-state index contributed by atoms with van der Waals surface area (Å²) >= 11 is 0. The third-order valence-corrected chi connectivity index (χ3v) is 3.15. The Morgan fingerprint density at radius 3 is 2.50 bits per heavy atom. The molecule has 0 saturated heterocycles.